The minimum Gasteiger partial charge on any atom is -0.320 e. The van der Waals surface area contributed by atoms with Crippen LogP contribution >= 0.6 is 23.2 Å². The minimum atomic E-state index is -3.78. The van der Waals surface area contributed by atoms with E-state index in [4.69, 9.17) is 23.2 Å². The van der Waals surface area contributed by atoms with Crippen molar-refractivity contribution in [2.75, 3.05) is 10.7 Å². The van der Waals surface area contributed by atoms with Crippen LogP contribution in [0.1, 0.15) is 10.4 Å². The standard InChI is InChI=1S/C22H16Cl2N4O3S/c23-16-9-5-10-17(24)20(16)22(29)26-19-11-4-8-15-18(12-13-25-21(15)19)27-28-32(30,31)14-6-2-1-3-7-14/h1-13,28H,(H,25,27)(H,26,29). The Morgan fingerprint density at radius 3 is 2.22 bits per heavy atom. The molecular weight excluding hydrogens is 471 g/mol. The third-order valence-electron chi connectivity index (χ3n) is 4.58. The maximum atomic E-state index is 12.8. The molecule has 0 atom stereocenters. The third kappa shape index (κ3) is 4.53. The zero-order chi connectivity index (χ0) is 22.7. The van der Waals surface area contributed by atoms with Gasteiger partial charge in [0.05, 0.1) is 37.4 Å². The molecule has 162 valence electrons. The lowest BCUT2D eigenvalue weighted by molar-refractivity contribution is 0.102. The van der Waals surface area contributed by atoms with E-state index in [-0.39, 0.29) is 20.5 Å². The van der Waals surface area contributed by atoms with Crippen molar-refractivity contribution in [3.05, 3.63) is 94.6 Å². The lowest BCUT2D eigenvalue weighted by Gasteiger charge is -2.14. The van der Waals surface area contributed by atoms with E-state index in [1.807, 2.05) is 0 Å². The number of hydrogen-bond acceptors (Lipinski definition) is 5. The number of sulfonamides is 1. The van der Waals surface area contributed by atoms with E-state index in [0.717, 1.165) is 0 Å². The number of fused-ring (bicyclic) bond motifs is 1. The topological polar surface area (TPSA) is 100 Å². The van der Waals surface area contributed by atoms with Gasteiger partial charge in [-0.15, -0.1) is 4.83 Å². The number of para-hydroxylation sites is 1. The molecule has 1 aromatic heterocycles. The summed E-state index contributed by atoms with van der Waals surface area (Å²) < 4.78 is 25.0. The molecule has 3 aromatic carbocycles. The van der Waals surface area contributed by atoms with Gasteiger partial charge in [0, 0.05) is 11.6 Å². The van der Waals surface area contributed by atoms with E-state index >= 15 is 0 Å². The number of aromatic nitrogens is 1. The summed E-state index contributed by atoms with van der Waals surface area (Å²) in [6, 6.07) is 19.5. The highest BCUT2D eigenvalue weighted by Crippen LogP contribution is 2.29. The number of rotatable bonds is 6. The zero-order valence-electron chi connectivity index (χ0n) is 16.3. The van der Waals surface area contributed by atoms with Crippen LogP contribution in [0.25, 0.3) is 10.9 Å². The number of halogens is 2. The van der Waals surface area contributed by atoms with Gasteiger partial charge in [-0.05, 0) is 36.4 Å². The van der Waals surface area contributed by atoms with Crippen LogP contribution in [0.3, 0.4) is 0 Å². The fraction of sp³-hybridized carbons (Fsp3) is 0. The normalized spacial score (nSPS) is 11.3. The van der Waals surface area contributed by atoms with Crippen molar-refractivity contribution in [1.82, 2.24) is 9.82 Å². The fourth-order valence-corrected chi connectivity index (χ4v) is 4.51. The highest BCUT2D eigenvalue weighted by molar-refractivity contribution is 7.89. The van der Waals surface area contributed by atoms with Gasteiger partial charge < -0.3 is 10.7 Å². The van der Waals surface area contributed by atoms with Crippen molar-refractivity contribution < 1.29 is 13.2 Å². The molecule has 32 heavy (non-hydrogen) atoms. The molecule has 0 fully saturated rings. The van der Waals surface area contributed by atoms with Gasteiger partial charge in [-0.1, -0.05) is 59.6 Å². The largest absolute Gasteiger partial charge is 0.320 e. The van der Waals surface area contributed by atoms with E-state index in [0.29, 0.717) is 22.3 Å². The molecule has 0 saturated heterocycles. The number of pyridine rings is 1. The second kappa shape index (κ2) is 9.13. The van der Waals surface area contributed by atoms with Gasteiger partial charge in [0.25, 0.3) is 15.9 Å². The molecule has 0 aliphatic heterocycles. The first-order valence-electron chi connectivity index (χ1n) is 9.33. The van der Waals surface area contributed by atoms with Crippen molar-refractivity contribution in [2.45, 2.75) is 4.90 Å². The molecule has 0 radical (unpaired) electrons. The van der Waals surface area contributed by atoms with Gasteiger partial charge in [-0.2, -0.15) is 0 Å². The number of nitrogens with zero attached hydrogens (tertiary/aromatic N) is 1. The number of benzene rings is 3. The highest BCUT2D eigenvalue weighted by Gasteiger charge is 2.17. The molecule has 0 spiro atoms. The Bertz CT molecular complexity index is 1390. The molecule has 0 aliphatic rings. The summed E-state index contributed by atoms with van der Waals surface area (Å²) in [7, 11) is -3.78. The Labute approximate surface area is 194 Å². The molecule has 1 heterocycles. The molecule has 0 saturated carbocycles. The third-order valence-corrected chi connectivity index (χ3v) is 6.48. The van der Waals surface area contributed by atoms with Crippen LogP contribution in [0.5, 0.6) is 0 Å². The van der Waals surface area contributed by atoms with E-state index in [9.17, 15) is 13.2 Å². The number of hydrogen-bond donors (Lipinski definition) is 3. The summed E-state index contributed by atoms with van der Waals surface area (Å²) in [6.45, 7) is 0. The lowest BCUT2D eigenvalue weighted by Crippen LogP contribution is -2.29. The van der Waals surface area contributed by atoms with E-state index in [1.54, 1.807) is 60.7 Å². The molecule has 1 amide bonds. The molecule has 0 unspecified atom stereocenters. The highest BCUT2D eigenvalue weighted by atomic mass is 35.5. The maximum absolute atomic E-state index is 12.8. The second-order valence-electron chi connectivity index (χ2n) is 6.65. The number of nitrogens with one attached hydrogen (secondary N) is 3. The van der Waals surface area contributed by atoms with Crippen LogP contribution in [-0.2, 0) is 10.0 Å². The van der Waals surface area contributed by atoms with Crippen LogP contribution in [-0.4, -0.2) is 19.3 Å². The van der Waals surface area contributed by atoms with E-state index < -0.39 is 15.9 Å². The number of amides is 1. The molecule has 7 nitrogen and oxygen atoms in total. The minimum absolute atomic E-state index is 0.121. The summed E-state index contributed by atoms with van der Waals surface area (Å²) in [6.07, 6.45) is 1.50. The van der Waals surface area contributed by atoms with E-state index in [2.05, 4.69) is 20.6 Å². The predicted molar refractivity (Wildman–Crippen MR) is 127 cm³/mol. The Kier molecular flexibility index (Phi) is 6.29. The monoisotopic (exact) mass is 486 g/mol. The average molecular weight is 487 g/mol. The van der Waals surface area contributed by atoms with Crippen LogP contribution in [0.15, 0.2) is 83.9 Å². The smallest absolute Gasteiger partial charge is 0.258 e. The van der Waals surface area contributed by atoms with Crippen molar-refractivity contribution in [3.63, 3.8) is 0 Å². The molecular formula is C22H16Cl2N4O3S. The van der Waals surface area contributed by atoms with E-state index in [1.165, 1.54) is 18.3 Å². The van der Waals surface area contributed by atoms with Crippen molar-refractivity contribution in [3.8, 4) is 0 Å². The van der Waals surface area contributed by atoms with Crippen LogP contribution in [0, 0.1) is 0 Å². The SMILES string of the molecule is O=C(Nc1cccc2c(NNS(=O)(=O)c3ccccc3)ccnc12)c1c(Cl)cccc1Cl. The molecule has 4 rings (SSSR count). The van der Waals surface area contributed by atoms with Gasteiger partial charge in [0.2, 0.25) is 0 Å². The zero-order valence-corrected chi connectivity index (χ0v) is 18.7. The molecule has 4 aromatic rings. The quantitative estimate of drug-likeness (QED) is 0.329. The Morgan fingerprint density at radius 2 is 1.50 bits per heavy atom. The van der Waals surface area contributed by atoms with Crippen LogP contribution in [0.4, 0.5) is 11.4 Å². The van der Waals surface area contributed by atoms with Crippen molar-refractivity contribution >= 4 is 61.4 Å². The fourth-order valence-electron chi connectivity index (χ4n) is 3.07. The number of carbonyl (C=O) groups excluding carboxylic acids is 1. The van der Waals surface area contributed by atoms with Gasteiger partial charge >= 0.3 is 0 Å². The summed E-state index contributed by atoms with van der Waals surface area (Å²) >= 11 is 12.3. The molecule has 3 N–H and O–H groups in total. The maximum Gasteiger partial charge on any atom is 0.258 e. The summed E-state index contributed by atoms with van der Waals surface area (Å²) in [5.74, 6) is -0.488. The predicted octanol–water partition coefficient (Wildman–Crippen LogP) is 5.10. The molecule has 0 bridgehead atoms. The molecule has 10 heteroatoms. The van der Waals surface area contributed by atoms with Gasteiger partial charge in [-0.25, -0.2) is 8.42 Å². The van der Waals surface area contributed by atoms with Gasteiger partial charge in [0.1, 0.15) is 0 Å². The van der Waals surface area contributed by atoms with Crippen molar-refractivity contribution in [2.24, 2.45) is 0 Å². The van der Waals surface area contributed by atoms with Gasteiger partial charge in [0.15, 0.2) is 0 Å². The molecule has 0 aliphatic carbocycles. The first-order chi connectivity index (χ1) is 15.4. The van der Waals surface area contributed by atoms with Crippen LogP contribution in [0.2, 0.25) is 10.0 Å². The summed E-state index contributed by atoms with van der Waals surface area (Å²) in [5.41, 5.74) is 4.20. The second-order valence-corrected chi connectivity index (χ2v) is 9.15. The Morgan fingerprint density at radius 1 is 0.812 bits per heavy atom. The number of hydrazine groups is 1. The first-order valence-corrected chi connectivity index (χ1v) is 11.6. The Hall–Kier alpha value is -3.17. The van der Waals surface area contributed by atoms with Gasteiger partial charge in [-0.3, -0.25) is 9.78 Å². The number of anilines is 2. The van der Waals surface area contributed by atoms with Crippen molar-refractivity contribution in [1.29, 1.82) is 0 Å². The summed E-state index contributed by atoms with van der Waals surface area (Å²) in [4.78, 5) is 19.6. The Balaban J connectivity index is 1.63. The number of carbonyl (C=O) groups is 1. The summed E-state index contributed by atoms with van der Waals surface area (Å²) in [5, 5.41) is 3.81. The average Bonchev–Trinajstić information content (AvgIpc) is 2.78. The van der Waals surface area contributed by atoms with Crippen LogP contribution < -0.4 is 15.6 Å². The lowest BCUT2D eigenvalue weighted by atomic mass is 10.1. The first kappa shape index (κ1) is 22.0.